The van der Waals surface area contributed by atoms with Gasteiger partial charge in [-0.2, -0.15) is 0 Å². The van der Waals surface area contributed by atoms with Crippen LogP contribution in [0.4, 0.5) is 8.78 Å². The Labute approximate surface area is 57.7 Å². The maximum Gasteiger partial charge on any atom is 0.270 e. The maximum absolute atomic E-state index is 12.3. The van der Waals surface area contributed by atoms with Crippen molar-refractivity contribution >= 4 is 0 Å². The van der Waals surface area contributed by atoms with E-state index in [1.165, 1.54) is 12.2 Å². The number of aliphatic hydroxyl groups excluding tert-OH is 1. The molecule has 1 nitrogen and oxygen atoms in total. The highest BCUT2D eigenvalue weighted by Crippen LogP contribution is 2.25. The lowest BCUT2D eigenvalue weighted by atomic mass is 10.1. The molecule has 0 amide bonds. The second-order valence-corrected chi connectivity index (χ2v) is 2.24. The Hall–Kier alpha value is -0.700. The first-order valence-electron chi connectivity index (χ1n) is 3.01. The van der Waals surface area contributed by atoms with E-state index in [4.69, 9.17) is 5.11 Å². The minimum atomic E-state index is -2.71. The van der Waals surface area contributed by atoms with Crippen LogP contribution in [0.1, 0.15) is 6.42 Å². The van der Waals surface area contributed by atoms with Crippen LogP contribution in [0.25, 0.3) is 0 Å². The van der Waals surface area contributed by atoms with Gasteiger partial charge in [0.2, 0.25) is 0 Å². The van der Waals surface area contributed by atoms with Crippen molar-refractivity contribution in [3.63, 3.8) is 0 Å². The molecule has 1 aliphatic carbocycles. The summed E-state index contributed by atoms with van der Waals surface area (Å²) in [5.74, 6) is -2.71. The molecule has 0 radical (unpaired) electrons. The van der Waals surface area contributed by atoms with E-state index < -0.39 is 5.92 Å². The zero-order chi connectivity index (χ0) is 7.61. The van der Waals surface area contributed by atoms with Gasteiger partial charge in [-0.25, -0.2) is 8.78 Å². The molecule has 0 aromatic heterocycles. The molecule has 0 unspecified atom stereocenters. The van der Waals surface area contributed by atoms with Crippen molar-refractivity contribution in [3.8, 4) is 0 Å². The molecular weight excluding hydrogens is 138 g/mol. The van der Waals surface area contributed by atoms with E-state index in [1.54, 1.807) is 0 Å². The van der Waals surface area contributed by atoms with E-state index in [1.807, 2.05) is 0 Å². The highest BCUT2D eigenvalue weighted by molar-refractivity contribution is 5.26. The molecule has 0 saturated heterocycles. The van der Waals surface area contributed by atoms with Gasteiger partial charge in [-0.15, -0.1) is 0 Å². The predicted octanol–water partition coefficient (Wildman–Crippen LogP) is 1.50. The Bertz CT molecular complexity index is 182. The van der Waals surface area contributed by atoms with E-state index >= 15 is 0 Å². The molecule has 1 rings (SSSR count). The van der Waals surface area contributed by atoms with Gasteiger partial charge in [0.05, 0.1) is 6.61 Å². The first-order chi connectivity index (χ1) is 4.64. The average molecular weight is 146 g/mol. The third-order valence-electron chi connectivity index (χ3n) is 1.36. The number of halogens is 2. The molecule has 0 aromatic carbocycles. The fourth-order valence-corrected chi connectivity index (χ4v) is 0.749. The third-order valence-corrected chi connectivity index (χ3v) is 1.36. The van der Waals surface area contributed by atoms with Gasteiger partial charge < -0.3 is 5.11 Å². The molecule has 0 fully saturated rings. The molecule has 0 spiro atoms. The summed E-state index contributed by atoms with van der Waals surface area (Å²) in [4.78, 5) is 0. The van der Waals surface area contributed by atoms with Crippen LogP contribution in [-0.2, 0) is 0 Å². The van der Waals surface area contributed by atoms with Crippen molar-refractivity contribution in [2.45, 2.75) is 12.3 Å². The van der Waals surface area contributed by atoms with Crippen LogP contribution >= 0.6 is 0 Å². The van der Waals surface area contributed by atoms with Gasteiger partial charge in [-0.1, -0.05) is 12.2 Å². The quantitative estimate of drug-likeness (QED) is 0.594. The zero-order valence-corrected chi connectivity index (χ0v) is 5.35. The summed E-state index contributed by atoms with van der Waals surface area (Å²) < 4.78 is 24.6. The Balaban J connectivity index is 2.63. The summed E-state index contributed by atoms with van der Waals surface area (Å²) in [5.41, 5.74) is 0.561. The van der Waals surface area contributed by atoms with Crippen molar-refractivity contribution < 1.29 is 13.9 Å². The highest BCUT2D eigenvalue weighted by atomic mass is 19.3. The van der Waals surface area contributed by atoms with E-state index in [2.05, 4.69) is 0 Å². The molecule has 0 aliphatic heterocycles. The number of aliphatic hydroxyl groups is 1. The Morgan fingerprint density at radius 1 is 1.60 bits per heavy atom. The van der Waals surface area contributed by atoms with Crippen molar-refractivity contribution in [1.29, 1.82) is 0 Å². The van der Waals surface area contributed by atoms with E-state index in [-0.39, 0.29) is 13.0 Å². The van der Waals surface area contributed by atoms with Crippen molar-refractivity contribution in [2.24, 2.45) is 0 Å². The van der Waals surface area contributed by atoms with Crippen LogP contribution in [0.5, 0.6) is 0 Å². The number of hydrogen-bond acceptors (Lipinski definition) is 1. The molecule has 0 aromatic rings. The van der Waals surface area contributed by atoms with Crippen LogP contribution in [-0.4, -0.2) is 17.6 Å². The van der Waals surface area contributed by atoms with Gasteiger partial charge in [0, 0.05) is 6.42 Å². The van der Waals surface area contributed by atoms with Crippen LogP contribution in [0.15, 0.2) is 23.8 Å². The summed E-state index contributed by atoms with van der Waals surface area (Å²) in [6.07, 6.45) is 3.13. The van der Waals surface area contributed by atoms with Crippen LogP contribution in [0.2, 0.25) is 0 Å². The fourth-order valence-electron chi connectivity index (χ4n) is 0.749. The third kappa shape index (κ3) is 1.64. The van der Waals surface area contributed by atoms with Crippen LogP contribution in [0, 0.1) is 0 Å². The van der Waals surface area contributed by atoms with Gasteiger partial charge in [0.1, 0.15) is 0 Å². The normalized spacial score (nSPS) is 22.5. The van der Waals surface area contributed by atoms with Gasteiger partial charge >= 0.3 is 0 Å². The van der Waals surface area contributed by atoms with Gasteiger partial charge in [0.15, 0.2) is 0 Å². The molecule has 56 valence electrons. The Morgan fingerprint density at radius 3 is 2.70 bits per heavy atom. The molecule has 1 aliphatic rings. The lowest BCUT2D eigenvalue weighted by molar-refractivity contribution is 0.0568. The summed E-state index contributed by atoms with van der Waals surface area (Å²) in [5, 5.41) is 8.50. The summed E-state index contributed by atoms with van der Waals surface area (Å²) >= 11 is 0. The molecule has 1 N–H and O–H groups in total. The topological polar surface area (TPSA) is 20.2 Å². The molecule has 0 bridgehead atoms. The zero-order valence-electron chi connectivity index (χ0n) is 5.35. The number of alkyl halides is 2. The summed E-state index contributed by atoms with van der Waals surface area (Å²) in [6, 6.07) is 0. The molecule has 0 saturated carbocycles. The molecule has 3 heteroatoms. The minimum Gasteiger partial charge on any atom is -0.392 e. The number of rotatable bonds is 1. The van der Waals surface area contributed by atoms with Crippen LogP contribution < -0.4 is 0 Å². The minimum absolute atomic E-state index is 0.160. The second kappa shape index (κ2) is 2.50. The number of hydrogen-bond donors (Lipinski definition) is 1. The summed E-state index contributed by atoms with van der Waals surface area (Å²) in [7, 11) is 0. The highest BCUT2D eigenvalue weighted by Gasteiger charge is 2.25. The van der Waals surface area contributed by atoms with E-state index in [0.717, 1.165) is 6.08 Å². The molecule has 0 heterocycles. The Morgan fingerprint density at radius 2 is 2.30 bits per heavy atom. The van der Waals surface area contributed by atoms with Crippen molar-refractivity contribution in [3.05, 3.63) is 23.8 Å². The fraction of sp³-hybridized carbons (Fsp3) is 0.429. The number of allylic oxidation sites excluding steroid dienone is 2. The SMILES string of the molecule is OCC1=CCC(F)(F)C=C1. The summed E-state index contributed by atoms with van der Waals surface area (Å²) in [6.45, 7) is -0.160. The monoisotopic (exact) mass is 146 g/mol. The first-order valence-corrected chi connectivity index (χ1v) is 3.01. The lowest BCUT2D eigenvalue weighted by Gasteiger charge is -2.13. The second-order valence-electron chi connectivity index (χ2n) is 2.24. The van der Waals surface area contributed by atoms with Gasteiger partial charge in [0.25, 0.3) is 5.92 Å². The van der Waals surface area contributed by atoms with Crippen molar-refractivity contribution in [1.82, 2.24) is 0 Å². The Kier molecular flexibility index (Phi) is 1.85. The van der Waals surface area contributed by atoms with Crippen molar-refractivity contribution in [2.75, 3.05) is 6.61 Å². The smallest absolute Gasteiger partial charge is 0.270 e. The standard InChI is InChI=1S/C7H8F2O/c8-7(9)3-1-6(5-10)2-4-7/h1-3,10H,4-5H2. The van der Waals surface area contributed by atoms with Crippen LogP contribution in [0.3, 0.4) is 0 Å². The molecule has 10 heavy (non-hydrogen) atoms. The van der Waals surface area contributed by atoms with E-state index in [9.17, 15) is 8.78 Å². The molecule has 0 atom stereocenters. The van der Waals surface area contributed by atoms with Gasteiger partial charge in [-0.3, -0.25) is 0 Å². The maximum atomic E-state index is 12.3. The first kappa shape index (κ1) is 7.41. The lowest BCUT2D eigenvalue weighted by Crippen LogP contribution is -2.13. The molecular formula is C7H8F2O. The van der Waals surface area contributed by atoms with Gasteiger partial charge in [-0.05, 0) is 11.6 Å². The predicted molar refractivity (Wildman–Crippen MR) is 33.9 cm³/mol. The van der Waals surface area contributed by atoms with E-state index in [0.29, 0.717) is 5.57 Å². The average Bonchev–Trinajstić information content (AvgIpc) is 1.88. The largest absolute Gasteiger partial charge is 0.392 e.